The highest BCUT2D eigenvalue weighted by Gasteiger charge is 2.15. The van der Waals surface area contributed by atoms with Gasteiger partial charge in [-0.3, -0.25) is 9.20 Å². The lowest BCUT2D eigenvalue weighted by molar-refractivity contribution is 0.0702. The summed E-state index contributed by atoms with van der Waals surface area (Å²) < 4.78 is 1.31. The van der Waals surface area contributed by atoms with E-state index in [9.17, 15) is 9.59 Å². The molecule has 3 aromatic rings. The van der Waals surface area contributed by atoms with Crippen LogP contribution in [0.3, 0.4) is 0 Å². The van der Waals surface area contributed by atoms with Crippen LogP contribution in [0.4, 0.5) is 0 Å². The fraction of sp³-hybridized carbons (Fsp3) is 0.118. The number of rotatable bonds is 4. The molecule has 0 radical (unpaired) electrons. The summed E-state index contributed by atoms with van der Waals surface area (Å²) in [6.45, 7) is 1.88. The molecule has 1 aromatic carbocycles. The molecule has 0 aliphatic carbocycles. The number of fused-ring (bicyclic) bond motifs is 1. The lowest BCUT2D eigenvalue weighted by atomic mass is 10.1. The van der Waals surface area contributed by atoms with Gasteiger partial charge >= 0.3 is 5.97 Å². The number of carboxylic acid groups (broad SMARTS) is 1. The minimum absolute atomic E-state index is 0.0980. The SMILES string of the molecule is CCc1c(/C=C/c2ccccc2)nc2sc(C(=O)O)cn2c1=O. The standard InChI is InChI=1S/C17H14N2O3S/c1-2-12-13(9-8-11-6-4-3-5-7-11)18-17-19(15(12)20)10-14(23-17)16(21)22/h3-10H,2H2,1H3,(H,21,22)/b9-8+. The van der Waals surface area contributed by atoms with E-state index in [0.29, 0.717) is 22.6 Å². The van der Waals surface area contributed by atoms with Gasteiger partial charge in [0.2, 0.25) is 0 Å². The van der Waals surface area contributed by atoms with Gasteiger partial charge in [0.05, 0.1) is 5.69 Å². The summed E-state index contributed by atoms with van der Waals surface area (Å²) in [5.41, 5.74) is 1.95. The first kappa shape index (κ1) is 15.2. The van der Waals surface area contributed by atoms with Crippen molar-refractivity contribution in [3.8, 4) is 0 Å². The van der Waals surface area contributed by atoms with Gasteiger partial charge in [-0.05, 0) is 18.1 Å². The molecule has 5 nitrogen and oxygen atoms in total. The summed E-state index contributed by atoms with van der Waals surface area (Å²) >= 11 is 0.993. The molecule has 3 rings (SSSR count). The van der Waals surface area contributed by atoms with Gasteiger partial charge in [-0.1, -0.05) is 54.7 Å². The van der Waals surface area contributed by atoms with Crippen molar-refractivity contribution in [1.29, 1.82) is 0 Å². The average molecular weight is 326 g/mol. The Balaban J connectivity index is 2.14. The van der Waals surface area contributed by atoms with Crippen molar-refractivity contribution in [2.24, 2.45) is 0 Å². The molecular weight excluding hydrogens is 312 g/mol. The van der Waals surface area contributed by atoms with Gasteiger partial charge < -0.3 is 5.11 Å². The molecule has 6 heteroatoms. The molecule has 2 heterocycles. The van der Waals surface area contributed by atoms with Crippen molar-refractivity contribution in [3.63, 3.8) is 0 Å². The van der Waals surface area contributed by atoms with E-state index in [-0.39, 0.29) is 10.4 Å². The zero-order valence-corrected chi connectivity index (χ0v) is 13.2. The second-order valence-corrected chi connectivity index (χ2v) is 5.94. The van der Waals surface area contributed by atoms with Crippen molar-refractivity contribution in [3.05, 3.63) is 68.6 Å². The molecule has 1 N–H and O–H groups in total. The van der Waals surface area contributed by atoms with Crippen LogP contribution in [-0.4, -0.2) is 20.5 Å². The maximum absolute atomic E-state index is 12.5. The van der Waals surface area contributed by atoms with Crippen molar-refractivity contribution in [1.82, 2.24) is 9.38 Å². The van der Waals surface area contributed by atoms with E-state index in [1.54, 1.807) is 6.08 Å². The molecule has 0 fully saturated rings. The van der Waals surface area contributed by atoms with E-state index < -0.39 is 5.97 Å². The van der Waals surface area contributed by atoms with Crippen LogP contribution in [0.2, 0.25) is 0 Å². The predicted molar refractivity (Wildman–Crippen MR) is 91.0 cm³/mol. The van der Waals surface area contributed by atoms with Crippen LogP contribution < -0.4 is 5.56 Å². The molecule has 0 saturated heterocycles. The van der Waals surface area contributed by atoms with Gasteiger partial charge in [0, 0.05) is 11.8 Å². The van der Waals surface area contributed by atoms with E-state index in [1.165, 1.54) is 10.6 Å². The van der Waals surface area contributed by atoms with E-state index in [0.717, 1.165) is 16.9 Å². The summed E-state index contributed by atoms with van der Waals surface area (Å²) in [4.78, 5) is 28.6. The van der Waals surface area contributed by atoms with Crippen LogP contribution in [0.1, 0.15) is 33.4 Å². The Morgan fingerprint density at radius 1 is 1.30 bits per heavy atom. The van der Waals surface area contributed by atoms with Crippen LogP contribution >= 0.6 is 11.3 Å². The number of benzene rings is 1. The molecule has 0 bridgehead atoms. The second kappa shape index (κ2) is 6.18. The first-order valence-electron chi connectivity index (χ1n) is 7.11. The Morgan fingerprint density at radius 2 is 2.04 bits per heavy atom. The number of hydrogen-bond acceptors (Lipinski definition) is 4. The third-order valence-electron chi connectivity index (χ3n) is 3.45. The Labute approximate surface area is 136 Å². The number of carbonyl (C=O) groups is 1. The summed E-state index contributed by atoms with van der Waals surface area (Å²) in [6.07, 6.45) is 5.56. The van der Waals surface area contributed by atoms with E-state index in [1.807, 2.05) is 43.3 Å². The van der Waals surface area contributed by atoms with Crippen LogP contribution in [0, 0.1) is 0 Å². The molecule has 0 unspecified atom stereocenters. The smallest absolute Gasteiger partial charge is 0.347 e. The Bertz CT molecular complexity index is 955. The predicted octanol–water partition coefficient (Wildman–Crippen LogP) is 3.19. The monoisotopic (exact) mass is 326 g/mol. The molecule has 0 aliphatic rings. The first-order valence-corrected chi connectivity index (χ1v) is 7.93. The molecule has 23 heavy (non-hydrogen) atoms. The van der Waals surface area contributed by atoms with E-state index >= 15 is 0 Å². The molecule has 0 atom stereocenters. The highest BCUT2D eigenvalue weighted by atomic mass is 32.1. The maximum Gasteiger partial charge on any atom is 0.347 e. The zero-order valence-electron chi connectivity index (χ0n) is 12.4. The number of aromatic carboxylic acids is 1. The summed E-state index contributed by atoms with van der Waals surface area (Å²) in [5, 5.41) is 9.08. The Morgan fingerprint density at radius 3 is 2.70 bits per heavy atom. The number of thiazole rings is 1. The van der Waals surface area contributed by atoms with Gasteiger partial charge in [-0.15, -0.1) is 0 Å². The number of carboxylic acids is 1. The molecule has 116 valence electrons. The van der Waals surface area contributed by atoms with Crippen LogP contribution in [-0.2, 0) is 6.42 Å². The highest BCUT2D eigenvalue weighted by Crippen LogP contribution is 2.18. The third-order valence-corrected chi connectivity index (χ3v) is 4.42. The lowest BCUT2D eigenvalue weighted by Crippen LogP contribution is -2.19. The van der Waals surface area contributed by atoms with Crippen molar-refractivity contribution < 1.29 is 9.90 Å². The fourth-order valence-electron chi connectivity index (χ4n) is 2.30. The Kier molecular flexibility index (Phi) is 4.08. The molecule has 0 saturated carbocycles. The minimum atomic E-state index is -1.06. The zero-order chi connectivity index (χ0) is 16.4. The van der Waals surface area contributed by atoms with Gasteiger partial charge in [-0.25, -0.2) is 9.78 Å². The molecule has 0 amide bonds. The van der Waals surface area contributed by atoms with Gasteiger partial charge in [0.15, 0.2) is 4.96 Å². The van der Waals surface area contributed by atoms with Crippen LogP contribution in [0.25, 0.3) is 17.1 Å². The van der Waals surface area contributed by atoms with Crippen LogP contribution in [0.5, 0.6) is 0 Å². The minimum Gasteiger partial charge on any atom is -0.477 e. The maximum atomic E-state index is 12.5. The quantitative estimate of drug-likeness (QED) is 0.799. The van der Waals surface area contributed by atoms with Gasteiger partial charge in [0.1, 0.15) is 4.88 Å². The normalized spacial score (nSPS) is 11.3. The average Bonchev–Trinajstić information content (AvgIpc) is 2.99. The number of nitrogens with zero attached hydrogens (tertiary/aromatic N) is 2. The molecular formula is C17H14N2O3S. The third kappa shape index (κ3) is 2.93. The number of hydrogen-bond donors (Lipinski definition) is 1. The molecule has 0 spiro atoms. The molecule has 0 aliphatic heterocycles. The van der Waals surface area contributed by atoms with E-state index in [4.69, 9.17) is 5.11 Å². The van der Waals surface area contributed by atoms with Crippen LogP contribution in [0.15, 0.2) is 41.3 Å². The fourth-order valence-corrected chi connectivity index (χ4v) is 3.12. The van der Waals surface area contributed by atoms with Crippen molar-refractivity contribution >= 4 is 34.4 Å². The summed E-state index contributed by atoms with van der Waals surface area (Å²) in [7, 11) is 0. The van der Waals surface area contributed by atoms with Gasteiger partial charge in [-0.2, -0.15) is 0 Å². The molecule has 2 aromatic heterocycles. The summed E-state index contributed by atoms with van der Waals surface area (Å²) in [5.74, 6) is -1.06. The van der Waals surface area contributed by atoms with Crippen molar-refractivity contribution in [2.45, 2.75) is 13.3 Å². The van der Waals surface area contributed by atoms with Gasteiger partial charge in [0.25, 0.3) is 5.56 Å². The highest BCUT2D eigenvalue weighted by molar-refractivity contribution is 7.18. The van der Waals surface area contributed by atoms with Crippen molar-refractivity contribution in [2.75, 3.05) is 0 Å². The lowest BCUT2D eigenvalue weighted by Gasteiger charge is -2.03. The second-order valence-electron chi connectivity index (χ2n) is 4.93. The van der Waals surface area contributed by atoms with E-state index in [2.05, 4.69) is 4.98 Å². The number of aromatic nitrogens is 2. The first-order chi connectivity index (χ1) is 11.1. The summed E-state index contributed by atoms with van der Waals surface area (Å²) in [6, 6.07) is 9.72. The Hall–Kier alpha value is -2.73. The largest absolute Gasteiger partial charge is 0.477 e. The topological polar surface area (TPSA) is 71.7 Å².